The fraction of sp³-hybridized carbons (Fsp3) is 0. The van der Waals surface area contributed by atoms with Gasteiger partial charge in [0.05, 0.1) is 10.8 Å². The third-order valence-electron chi connectivity index (χ3n) is 4.45. The summed E-state index contributed by atoms with van der Waals surface area (Å²) in [5.74, 6) is 0.390. The highest BCUT2D eigenvalue weighted by Gasteiger charge is 2.15. The topological polar surface area (TPSA) is 53.6 Å². The Morgan fingerprint density at radius 1 is 0.565 bits per heavy atom. The maximum absolute atomic E-state index is 10.3. The van der Waals surface area contributed by atoms with Crippen LogP contribution in [-0.2, 0) is 0 Å². The zero-order valence-electron chi connectivity index (χ0n) is 12.1. The fourth-order valence-corrected chi connectivity index (χ4v) is 3.39. The van der Waals surface area contributed by atoms with Crippen molar-refractivity contribution in [2.75, 3.05) is 0 Å². The molecule has 0 saturated carbocycles. The second-order valence-electron chi connectivity index (χ2n) is 5.74. The van der Waals surface area contributed by atoms with E-state index in [9.17, 15) is 10.2 Å². The predicted octanol–water partition coefficient (Wildman–Crippen LogP) is 5.30. The molecule has 0 radical (unpaired) electrons. The highest BCUT2D eigenvalue weighted by atomic mass is 16.3. The Bertz CT molecular complexity index is 1140. The zero-order chi connectivity index (χ0) is 15.6. The van der Waals surface area contributed by atoms with E-state index in [0.717, 1.165) is 21.5 Å². The Morgan fingerprint density at radius 3 is 1.52 bits per heavy atom. The summed E-state index contributed by atoms with van der Waals surface area (Å²) < 4.78 is 6.12. The molecule has 0 aliphatic heterocycles. The number of furan rings is 1. The van der Waals surface area contributed by atoms with E-state index in [2.05, 4.69) is 0 Å². The van der Waals surface area contributed by atoms with Gasteiger partial charge in [-0.05, 0) is 35.0 Å². The van der Waals surface area contributed by atoms with Crippen molar-refractivity contribution in [3.05, 3.63) is 60.7 Å². The molecule has 3 nitrogen and oxygen atoms in total. The first-order valence-corrected chi connectivity index (χ1v) is 7.41. The zero-order valence-corrected chi connectivity index (χ0v) is 12.1. The minimum absolute atomic E-state index is 0.195. The summed E-state index contributed by atoms with van der Waals surface area (Å²) in [4.78, 5) is 0. The number of rotatable bonds is 0. The van der Waals surface area contributed by atoms with E-state index in [4.69, 9.17) is 4.42 Å². The first kappa shape index (κ1) is 12.4. The maximum Gasteiger partial charge on any atom is 0.147 e. The SMILES string of the molecule is Oc1cccc2ccc3c4ccc5cccc(O)c5c4oc3c12. The molecule has 4 aromatic carbocycles. The second-order valence-corrected chi connectivity index (χ2v) is 5.74. The normalized spacial score (nSPS) is 11.8. The lowest BCUT2D eigenvalue weighted by atomic mass is 10.0. The van der Waals surface area contributed by atoms with Crippen LogP contribution in [-0.4, -0.2) is 10.2 Å². The van der Waals surface area contributed by atoms with Crippen LogP contribution in [0.15, 0.2) is 65.1 Å². The van der Waals surface area contributed by atoms with Crippen molar-refractivity contribution in [2.45, 2.75) is 0 Å². The molecule has 0 atom stereocenters. The molecule has 0 amide bonds. The van der Waals surface area contributed by atoms with Crippen molar-refractivity contribution in [3.63, 3.8) is 0 Å². The molecule has 0 unspecified atom stereocenters. The average molecular weight is 300 g/mol. The lowest BCUT2D eigenvalue weighted by Crippen LogP contribution is -1.75. The first-order chi connectivity index (χ1) is 11.2. The van der Waals surface area contributed by atoms with E-state index in [-0.39, 0.29) is 11.5 Å². The van der Waals surface area contributed by atoms with Gasteiger partial charge in [-0.1, -0.05) is 36.4 Å². The summed E-state index contributed by atoms with van der Waals surface area (Å²) in [6.07, 6.45) is 0. The third-order valence-corrected chi connectivity index (χ3v) is 4.45. The predicted molar refractivity (Wildman–Crippen MR) is 92.1 cm³/mol. The van der Waals surface area contributed by atoms with E-state index in [1.54, 1.807) is 12.1 Å². The average Bonchev–Trinajstić information content (AvgIpc) is 2.93. The van der Waals surface area contributed by atoms with E-state index < -0.39 is 0 Å². The molecule has 110 valence electrons. The van der Waals surface area contributed by atoms with Gasteiger partial charge in [-0.3, -0.25) is 0 Å². The van der Waals surface area contributed by atoms with Gasteiger partial charge in [-0.15, -0.1) is 0 Å². The number of hydrogen-bond acceptors (Lipinski definition) is 3. The fourth-order valence-electron chi connectivity index (χ4n) is 3.39. The Hall–Kier alpha value is -3.20. The molecular weight excluding hydrogens is 288 g/mol. The molecule has 0 fully saturated rings. The number of hydrogen-bond donors (Lipinski definition) is 2. The van der Waals surface area contributed by atoms with Crippen LogP contribution in [0.3, 0.4) is 0 Å². The van der Waals surface area contributed by atoms with Gasteiger partial charge in [0.2, 0.25) is 0 Å². The van der Waals surface area contributed by atoms with E-state index >= 15 is 0 Å². The molecule has 0 spiro atoms. The highest BCUT2D eigenvalue weighted by Crippen LogP contribution is 2.41. The van der Waals surface area contributed by atoms with Crippen molar-refractivity contribution < 1.29 is 14.6 Å². The van der Waals surface area contributed by atoms with Crippen LogP contribution >= 0.6 is 0 Å². The van der Waals surface area contributed by atoms with Crippen LogP contribution < -0.4 is 0 Å². The third kappa shape index (κ3) is 1.53. The minimum Gasteiger partial charge on any atom is -0.507 e. The Balaban J connectivity index is 2.11. The Labute approximate surface area is 131 Å². The standard InChI is InChI=1S/C20H12O3/c21-15-5-1-3-11-7-9-13-14-10-8-12-4-2-6-16(22)18(12)20(14)23-19(13)17(11)15/h1-10,21-22H. The van der Waals surface area contributed by atoms with Gasteiger partial charge in [-0.25, -0.2) is 0 Å². The molecule has 1 aromatic heterocycles. The molecule has 23 heavy (non-hydrogen) atoms. The lowest BCUT2D eigenvalue weighted by molar-refractivity contribution is 0.481. The number of phenolic OH excluding ortho intramolecular Hbond substituents is 2. The summed E-state index contributed by atoms with van der Waals surface area (Å²) in [6.45, 7) is 0. The molecule has 5 aromatic rings. The molecule has 1 heterocycles. The van der Waals surface area contributed by atoms with Gasteiger partial charge in [0.15, 0.2) is 0 Å². The largest absolute Gasteiger partial charge is 0.507 e. The first-order valence-electron chi connectivity index (χ1n) is 7.41. The lowest BCUT2D eigenvalue weighted by Gasteiger charge is -2.00. The molecule has 2 N–H and O–H groups in total. The van der Waals surface area contributed by atoms with Gasteiger partial charge in [0.1, 0.15) is 22.7 Å². The van der Waals surface area contributed by atoms with Crippen LogP contribution in [0.5, 0.6) is 11.5 Å². The molecule has 5 rings (SSSR count). The summed E-state index contributed by atoms with van der Waals surface area (Å²) in [7, 11) is 0. The summed E-state index contributed by atoms with van der Waals surface area (Å²) in [6, 6.07) is 18.8. The number of phenols is 2. The smallest absolute Gasteiger partial charge is 0.147 e. The molecule has 0 aliphatic rings. The number of benzene rings is 4. The maximum atomic E-state index is 10.3. The van der Waals surface area contributed by atoms with E-state index in [1.807, 2.05) is 48.5 Å². The second kappa shape index (κ2) is 4.17. The summed E-state index contributed by atoms with van der Waals surface area (Å²) in [5, 5.41) is 25.6. The summed E-state index contributed by atoms with van der Waals surface area (Å²) >= 11 is 0. The highest BCUT2D eigenvalue weighted by molar-refractivity contribution is 6.21. The van der Waals surface area contributed by atoms with Gasteiger partial charge < -0.3 is 14.6 Å². The van der Waals surface area contributed by atoms with Gasteiger partial charge >= 0.3 is 0 Å². The van der Waals surface area contributed by atoms with Crippen LogP contribution in [0.25, 0.3) is 43.5 Å². The van der Waals surface area contributed by atoms with Crippen LogP contribution in [0, 0.1) is 0 Å². The van der Waals surface area contributed by atoms with Crippen molar-refractivity contribution in [3.8, 4) is 11.5 Å². The van der Waals surface area contributed by atoms with Crippen molar-refractivity contribution in [1.82, 2.24) is 0 Å². The van der Waals surface area contributed by atoms with Crippen LogP contribution in [0.1, 0.15) is 0 Å². The molecule has 0 aliphatic carbocycles. The van der Waals surface area contributed by atoms with Crippen molar-refractivity contribution in [1.29, 1.82) is 0 Å². The number of aromatic hydroxyl groups is 2. The molecule has 0 saturated heterocycles. The monoisotopic (exact) mass is 300 g/mol. The van der Waals surface area contributed by atoms with Gasteiger partial charge in [-0.2, -0.15) is 0 Å². The van der Waals surface area contributed by atoms with E-state index in [0.29, 0.717) is 21.9 Å². The molecule has 3 heteroatoms. The van der Waals surface area contributed by atoms with Gasteiger partial charge in [0.25, 0.3) is 0 Å². The molecule has 0 bridgehead atoms. The summed E-state index contributed by atoms with van der Waals surface area (Å²) in [5.41, 5.74) is 1.29. The number of fused-ring (bicyclic) bond motifs is 7. The van der Waals surface area contributed by atoms with Crippen molar-refractivity contribution >= 4 is 43.5 Å². The molecular formula is C20H12O3. The van der Waals surface area contributed by atoms with Crippen LogP contribution in [0.2, 0.25) is 0 Å². The Kier molecular flexibility index (Phi) is 2.24. The van der Waals surface area contributed by atoms with Crippen molar-refractivity contribution in [2.24, 2.45) is 0 Å². The minimum atomic E-state index is 0.195. The Morgan fingerprint density at radius 2 is 1.04 bits per heavy atom. The van der Waals surface area contributed by atoms with Gasteiger partial charge in [0, 0.05) is 10.8 Å². The quantitative estimate of drug-likeness (QED) is 0.408. The van der Waals surface area contributed by atoms with Crippen LogP contribution in [0.4, 0.5) is 0 Å². The van der Waals surface area contributed by atoms with E-state index in [1.165, 1.54) is 0 Å².